The Hall–Kier alpha value is -0.660. The Morgan fingerprint density at radius 2 is 1.71 bits per heavy atom. The Kier molecular flexibility index (Phi) is 3.85. The lowest BCUT2D eigenvalue weighted by atomic mass is 10.3. The molecule has 0 atom stereocenters. The molecule has 1 aromatic heterocycles. The summed E-state index contributed by atoms with van der Waals surface area (Å²) >= 11 is 0. The largest absolute Gasteiger partial charge is 0.369 e. The van der Waals surface area contributed by atoms with E-state index in [1.807, 2.05) is 0 Å². The number of aliphatic hydroxyl groups is 1. The number of hydrogen-bond donors (Lipinski definition) is 5. The Morgan fingerprint density at radius 1 is 1.18 bits per heavy atom. The van der Waals surface area contributed by atoms with Gasteiger partial charge in [0.15, 0.2) is 0 Å². The second-order valence-electron chi connectivity index (χ2n) is 3.25. The molecule has 0 aromatic carbocycles. The summed E-state index contributed by atoms with van der Waals surface area (Å²) in [6.45, 7) is 0. The van der Waals surface area contributed by atoms with Crippen LogP contribution in [0.4, 0.5) is 0 Å². The van der Waals surface area contributed by atoms with Gasteiger partial charge >= 0.3 is 15.2 Å². The lowest BCUT2D eigenvalue weighted by Gasteiger charge is -2.28. The van der Waals surface area contributed by atoms with Crippen LogP contribution in [0.2, 0.25) is 0 Å². The van der Waals surface area contributed by atoms with Crippen LogP contribution in [0.3, 0.4) is 0 Å². The maximum Gasteiger partial charge on any atom is 0.369 e. The molecule has 5 N–H and O–H groups in total. The molecule has 96 valence electrons. The maximum absolute atomic E-state index is 11.0. The quantitative estimate of drug-likeness (QED) is 0.437. The first-order valence-electron chi connectivity index (χ1n) is 4.18. The van der Waals surface area contributed by atoms with Crippen LogP contribution in [0.25, 0.3) is 0 Å². The van der Waals surface area contributed by atoms with Gasteiger partial charge in [0.25, 0.3) is 5.08 Å². The fourth-order valence-electron chi connectivity index (χ4n) is 1.05. The fraction of sp³-hybridized carbons (Fsp3) is 0.333. The van der Waals surface area contributed by atoms with Gasteiger partial charge in [-0.15, -0.1) is 0 Å². The standard InChI is InChI=1S/C6H10N2O7P2/c9-6(16(10,11)12,17(13,14)15)4-5-2-1-3-7-8-5/h1-3,9H,4H2,(H2,10,11,12)(H2,13,14,15). The molecule has 0 unspecified atom stereocenters. The summed E-state index contributed by atoms with van der Waals surface area (Å²) in [6, 6.07) is 2.57. The third-order valence-corrected chi connectivity index (χ3v) is 5.72. The molecule has 0 spiro atoms. The third kappa shape index (κ3) is 2.97. The predicted molar refractivity (Wildman–Crippen MR) is 54.8 cm³/mol. The highest BCUT2D eigenvalue weighted by Gasteiger charge is 2.59. The highest BCUT2D eigenvalue weighted by molar-refractivity contribution is 7.72. The van der Waals surface area contributed by atoms with Gasteiger partial charge in [-0.1, -0.05) is 0 Å². The molecule has 9 nitrogen and oxygen atoms in total. The Morgan fingerprint density at radius 3 is 2.06 bits per heavy atom. The summed E-state index contributed by atoms with van der Waals surface area (Å²) in [7, 11) is -10.9. The average Bonchev–Trinajstić information content (AvgIpc) is 2.15. The number of hydrogen-bond acceptors (Lipinski definition) is 5. The van der Waals surface area contributed by atoms with Gasteiger partial charge in [-0.25, -0.2) is 0 Å². The molecule has 0 amide bonds. The van der Waals surface area contributed by atoms with E-state index in [0.717, 1.165) is 0 Å². The number of rotatable bonds is 4. The first kappa shape index (κ1) is 14.4. The molecule has 0 bridgehead atoms. The topological polar surface area (TPSA) is 161 Å². The molecule has 1 heterocycles. The van der Waals surface area contributed by atoms with Gasteiger partial charge in [0.05, 0.1) is 5.69 Å². The summed E-state index contributed by atoms with van der Waals surface area (Å²) in [5.74, 6) is 0. The van der Waals surface area contributed by atoms with Crippen molar-refractivity contribution < 1.29 is 33.8 Å². The van der Waals surface area contributed by atoms with Crippen LogP contribution in [0, 0.1) is 0 Å². The van der Waals surface area contributed by atoms with E-state index in [9.17, 15) is 14.2 Å². The highest BCUT2D eigenvalue weighted by atomic mass is 31.2. The smallest absolute Gasteiger partial charge is 0.367 e. The van der Waals surface area contributed by atoms with Crippen molar-refractivity contribution in [1.29, 1.82) is 0 Å². The van der Waals surface area contributed by atoms with Gasteiger partial charge in [-0.05, 0) is 12.1 Å². The average molecular weight is 284 g/mol. The maximum atomic E-state index is 11.0. The summed E-state index contributed by atoms with van der Waals surface area (Å²) in [4.78, 5) is 35.4. The van der Waals surface area contributed by atoms with Gasteiger partial charge in [0.2, 0.25) is 0 Å². The van der Waals surface area contributed by atoms with Crippen molar-refractivity contribution in [2.24, 2.45) is 0 Å². The van der Waals surface area contributed by atoms with Crippen LogP contribution in [-0.2, 0) is 15.6 Å². The molecule has 0 saturated carbocycles. The van der Waals surface area contributed by atoms with Crippen molar-refractivity contribution in [3.63, 3.8) is 0 Å². The van der Waals surface area contributed by atoms with E-state index in [0.29, 0.717) is 0 Å². The third-order valence-electron chi connectivity index (χ3n) is 1.98. The molecule has 1 aromatic rings. The molecule has 1 rings (SSSR count). The van der Waals surface area contributed by atoms with Crippen molar-refractivity contribution >= 4 is 15.2 Å². The van der Waals surface area contributed by atoms with Crippen LogP contribution in [-0.4, -0.2) is 40.0 Å². The summed E-state index contributed by atoms with van der Waals surface area (Å²) in [5.41, 5.74) is -0.151. The van der Waals surface area contributed by atoms with Gasteiger partial charge < -0.3 is 24.7 Å². The summed E-state index contributed by atoms with van der Waals surface area (Å²) in [6.07, 6.45) is 0.257. The van der Waals surface area contributed by atoms with Crippen molar-refractivity contribution in [2.45, 2.75) is 11.5 Å². The van der Waals surface area contributed by atoms with E-state index >= 15 is 0 Å². The lowest BCUT2D eigenvalue weighted by molar-refractivity contribution is 0.130. The second-order valence-corrected chi connectivity index (χ2v) is 7.26. The van der Waals surface area contributed by atoms with Crippen molar-refractivity contribution in [3.05, 3.63) is 24.0 Å². The van der Waals surface area contributed by atoms with E-state index < -0.39 is 26.7 Å². The van der Waals surface area contributed by atoms with Crippen LogP contribution >= 0.6 is 15.2 Å². The minimum absolute atomic E-state index is 0.151. The van der Waals surface area contributed by atoms with E-state index in [4.69, 9.17) is 19.6 Å². The van der Waals surface area contributed by atoms with E-state index in [2.05, 4.69) is 10.2 Å². The molecule has 0 aliphatic rings. The zero-order valence-electron chi connectivity index (χ0n) is 8.28. The van der Waals surface area contributed by atoms with Crippen LogP contribution in [0.15, 0.2) is 18.3 Å². The highest BCUT2D eigenvalue weighted by Crippen LogP contribution is 2.68. The Balaban J connectivity index is 3.20. The van der Waals surface area contributed by atoms with Crippen molar-refractivity contribution in [3.8, 4) is 0 Å². The number of nitrogens with zero attached hydrogens (tertiary/aromatic N) is 2. The zero-order chi connectivity index (χ0) is 13.3. The molecular formula is C6H10N2O7P2. The van der Waals surface area contributed by atoms with E-state index in [1.165, 1.54) is 18.3 Å². The molecule has 0 saturated heterocycles. The SMILES string of the molecule is O=P(O)(O)C(O)(Cc1cccnn1)P(=O)(O)O. The van der Waals surface area contributed by atoms with Crippen molar-refractivity contribution in [1.82, 2.24) is 10.2 Å². The molecule has 17 heavy (non-hydrogen) atoms. The first-order chi connectivity index (χ1) is 7.58. The first-order valence-corrected chi connectivity index (χ1v) is 7.40. The molecule has 0 fully saturated rings. The Bertz CT molecular complexity index is 458. The van der Waals surface area contributed by atoms with Crippen LogP contribution in [0.5, 0.6) is 0 Å². The molecule has 0 radical (unpaired) electrons. The summed E-state index contributed by atoms with van der Waals surface area (Å²) in [5, 5.41) is 12.8. The molecular weight excluding hydrogens is 274 g/mol. The monoisotopic (exact) mass is 284 g/mol. The lowest BCUT2D eigenvalue weighted by Crippen LogP contribution is -2.31. The van der Waals surface area contributed by atoms with E-state index in [1.54, 1.807) is 0 Å². The van der Waals surface area contributed by atoms with E-state index in [-0.39, 0.29) is 5.69 Å². The Labute approximate surface area is 95.5 Å². The minimum atomic E-state index is -5.45. The molecule has 0 aliphatic carbocycles. The second kappa shape index (κ2) is 4.55. The van der Waals surface area contributed by atoms with Crippen LogP contribution < -0.4 is 0 Å². The van der Waals surface area contributed by atoms with Gasteiger partial charge in [0.1, 0.15) is 0 Å². The molecule has 0 aliphatic heterocycles. The van der Waals surface area contributed by atoms with Gasteiger partial charge in [-0.3, -0.25) is 9.13 Å². The minimum Gasteiger partial charge on any atom is -0.367 e. The molecule has 11 heteroatoms. The van der Waals surface area contributed by atoms with Crippen molar-refractivity contribution in [2.75, 3.05) is 0 Å². The zero-order valence-corrected chi connectivity index (χ0v) is 10.1. The van der Waals surface area contributed by atoms with Crippen LogP contribution in [0.1, 0.15) is 5.69 Å². The van der Waals surface area contributed by atoms with Gasteiger partial charge in [-0.2, -0.15) is 10.2 Å². The fourth-order valence-corrected chi connectivity index (χ4v) is 3.14. The van der Waals surface area contributed by atoms with Gasteiger partial charge in [0, 0.05) is 12.6 Å². The normalized spacial score (nSPS) is 13.7. The summed E-state index contributed by atoms with van der Waals surface area (Å²) < 4.78 is 22.0. The number of aromatic nitrogens is 2. The predicted octanol–water partition coefficient (Wildman–Crippen LogP) is -0.979.